The number of hydrogen-bond acceptors (Lipinski definition) is 15. The summed E-state index contributed by atoms with van der Waals surface area (Å²) in [6.45, 7) is 4.78. The van der Waals surface area contributed by atoms with Crippen LogP contribution in [0.4, 0.5) is 0 Å². The van der Waals surface area contributed by atoms with E-state index in [2.05, 4.69) is 113 Å². The van der Waals surface area contributed by atoms with Gasteiger partial charge in [-0.3, -0.25) is 37.3 Å². The van der Waals surface area contributed by atoms with Crippen molar-refractivity contribution in [2.24, 2.45) is 0 Å². The van der Waals surface area contributed by atoms with Gasteiger partial charge in [-0.15, -0.1) is 0 Å². The Labute approximate surface area is 608 Å². The second kappa shape index (κ2) is 73.5. The topological polar surface area (TPSA) is 237 Å². The van der Waals surface area contributed by atoms with Crippen LogP contribution in [0.5, 0.6) is 0 Å². The highest BCUT2D eigenvalue weighted by molar-refractivity contribution is 7.47. The zero-order valence-electron chi connectivity index (χ0n) is 63.4. The Hall–Kier alpha value is -3.76. The van der Waals surface area contributed by atoms with Crippen molar-refractivity contribution in [3.63, 3.8) is 0 Å². The highest BCUT2D eigenvalue weighted by Crippen LogP contribution is 2.45. The number of phosphoric ester groups is 2. The summed E-state index contributed by atoms with van der Waals surface area (Å²) in [4.78, 5) is 73.0. The molecule has 19 heteroatoms. The first-order valence-corrected chi connectivity index (χ1v) is 42.9. The van der Waals surface area contributed by atoms with E-state index in [0.717, 1.165) is 161 Å². The van der Waals surface area contributed by atoms with E-state index in [1.54, 1.807) is 0 Å². The largest absolute Gasteiger partial charge is 0.472 e. The van der Waals surface area contributed by atoms with Gasteiger partial charge in [-0.1, -0.05) is 273 Å². The molecule has 0 aliphatic heterocycles. The van der Waals surface area contributed by atoms with Crippen LogP contribution in [0.25, 0.3) is 0 Å². The SMILES string of the molecule is CCCCC/C=C\C/C=C\CCCCCCCC(=O)O[C@H](COC(=O)CCCCCCC/C=C\CCCCCCCC)COP(=O)(O)OC[C@H](O)COP(=O)(O)OC[C@@H](COC(=O)CCCCCCC/C=C\C=C/CCCCCC)OC(=O)CCCCCCC/C=C\C=C/CCCCCC. The van der Waals surface area contributed by atoms with Crippen LogP contribution in [0.15, 0.2) is 85.1 Å². The average Bonchev–Trinajstić information content (AvgIpc) is 1.25. The minimum atomic E-state index is -4.98. The van der Waals surface area contributed by atoms with Gasteiger partial charge < -0.3 is 33.8 Å². The Morgan fingerprint density at radius 2 is 0.520 bits per heavy atom. The molecule has 0 aromatic carbocycles. The van der Waals surface area contributed by atoms with E-state index in [1.165, 1.54) is 109 Å². The Kier molecular flexibility index (Phi) is 70.8. The standard InChI is InChI=1S/C81H144O17P2/c1-5-9-13-17-21-25-29-33-37-41-45-49-53-57-61-65-78(83)91-71-76(97-80(85)67-63-59-55-51-47-43-39-35-31-27-23-19-15-11-7-3)73-95-99(87,88)93-69-75(82)70-94-100(89,90)96-74-77(98-81(86)68-64-60-56-52-48-44-40-36-32-28-24-20-16-12-8-4)72-92-79(84)66-62-58-54-50-46-42-38-34-30-26-22-18-14-10-6-2/h23,26-28,30,32-40,75-77,82H,5-22,24-25,29,31,41-74H2,1-4H3,(H,87,88)(H,89,90)/b27-23-,30-26-,32-28-,37-33-,38-34-,39-35-,40-36-/t75-,76+,77+/m0/s1. The summed E-state index contributed by atoms with van der Waals surface area (Å²) < 4.78 is 68.6. The smallest absolute Gasteiger partial charge is 0.462 e. The normalized spacial score (nSPS) is 14.3. The van der Waals surface area contributed by atoms with Crippen molar-refractivity contribution >= 4 is 39.5 Å². The van der Waals surface area contributed by atoms with E-state index in [9.17, 15) is 43.2 Å². The molecule has 0 aromatic rings. The lowest BCUT2D eigenvalue weighted by Gasteiger charge is -2.21. The van der Waals surface area contributed by atoms with Crippen molar-refractivity contribution in [2.45, 2.75) is 367 Å². The number of esters is 4. The molecule has 0 radical (unpaired) electrons. The maximum Gasteiger partial charge on any atom is 0.472 e. The number of phosphoric acid groups is 2. The van der Waals surface area contributed by atoms with Crippen molar-refractivity contribution in [2.75, 3.05) is 39.6 Å². The molecule has 0 aliphatic rings. The lowest BCUT2D eigenvalue weighted by molar-refractivity contribution is -0.161. The van der Waals surface area contributed by atoms with Gasteiger partial charge in [-0.25, -0.2) is 9.13 Å². The first kappa shape index (κ1) is 96.2. The molecule has 0 aromatic heterocycles. The van der Waals surface area contributed by atoms with Crippen LogP contribution in [-0.4, -0.2) is 96.7 Å². The number of hydrogen-bond donors (Lipinski definition) is 3. The summed E-state index contributed by atoms with van der Waals surface area (Å²) in [6.07, 6.45) is 75.5. The van der Waals surface area contributed by atoms with Crippen LogP contribution in [0.2, 0.25) is 0 Å². The van der Waals surface area contributed by atoms with Crippen LogP contribution < -0.4 is 0 Å². The van der Waals surface area contributed by atoms with Crippen LogP contribution in [0, 0.1) is 0 Å². The monoisotopic (exact) mass is 1450 g/mol. The van der Waals surface area contributed by atoms with Gasteiger partial charge in [-0.2, -0.15) is 0 Å². The number of carbonyl (C=O) groups excluding carboxylic acids is 4. The summed E-state index contributed by atoms with van der Waals surface area (Å²) in [5, 5.41) is 10.6. The molecule has 0 aliphatic carbocycles. The maximum atomic E-state index is 13.1. The molecule has 0 bridgehead atoms. The van der Waals surface area contributed by atoms with E-state index in [1.807, 2.05) is 0 Å². The zero-order valence-corrected chi connectivity index (χ0v) is 65.2. The number of rotatable bonds is 75. The van der Waals surface area contributed by atoms with Crippen LogP contribution in [0.3, 0.4) is 0 Å². The van der Waals surface area contributed by atoms with Gasteiger partial charge in [0.1, 0.15) is 19.3 Å². The molecule has 580 valence electrons. The molecule has 0 rings (SSSR count). The molecule has 5 atom stereocenters. The number of carbonyl (C=O) groups is 4. The Morgan fingerprint density at radius 3 is 0.840 bits per heavy atom. The van der Waals surface area contributed by atoms with E-state index in [4.69, 9.17) is 37.0 Å². The first-order chi connectivity index (χ1) is 48.7. The van der Waals surface area contributed by atoms with E-state index in [-0.39, 0.29) is 25.7 Å². The predicted octanol–water partition coefficient (Wildman–Crippen LogP) is 23.0. The number of ether oxygens (including phenoxy) is 4. The van der Waals surface area contributed by atoms with Gasteiger partial charge in [0, 0.05) is 25.7 Å². The van der Waals surface area contributed by atoms with E-state index in [0.29, 0.717) is 25.7 Å². The molecule has 0 saturated carbocycles. The molecule has 17 nitrogen and oxygen atoms in total. The summed E-state index contributed by atoms with van der Waals surface area (Å²) in [7, 11) is -9.96. The molecule has 2 unspecified atom stereocenters. The molecule has 0 amide bonds. The molecule has 0 spiro atoms. The second-order valence-corrected chi connectivity index (χ2v) is 29.6. The van der Waals surface area contributed by atoms with Crippen LogP contribution >= 0.6 is 15.6 Å². The van der Waals surface area contributed by atoms with Gasteiger partial charge in [0.15, 0.2) is 12.2 Å². The molecular formula is C81H144O17P2. The molecule has 0 heterocycles. The zero-order chi connectivity index (χ0) is 73.2. The number of unbranched alkanes of at least 4 members (excludes halogenated alkanes) is 37. The number of aliphatic hydroxyl groups is 1. The lowest BCUT2D eigenvalue weighted by atomic mass is 10.1. The first-order valence-electron chi connectivity index (χ1n) is 39.9. The van der Waals surface area contributed by atoms with Crippen molar-refractivity contribution in [1.82, 2.24) is 0 Å². The minimum Gasteiger partial charge on any atom is -0.462 e. The predicted molar refractivity (Wildman–Crippen MR) is 409 cm³/mol. The summed E-state index contributed by atoms with van der Waals surface area (Å²) in [5.41, 5.74) is 0. The number of allylic oxidation sites excluding steroid dienone is 14. The van der Waals surface area contributed by atoms with Crippen LogP contribution in [-0.2, 0) is 65.4 Å². The molecular weight excluding hydrogens is 1310 g/mol. The van der Waals surface area contributed by atoms with E-state index < -0.39 is 97.5 Å². The Bertz CT molecular complexity index is 2230. The van der Waals surface area contributed by atoms with Crippen molar-refractivity contribution in [3.8, 4) is 0 Å². The minimum absolute atomic E-state index is 0.0749. The quantitative estimate of drug-likeness (QED) is 0.0128. The fourth-order valence-electron chi connectivity index (χ4n) is 10.7. The second-order valence-electron chi connectivity index (χ2n) is 26.7. The summed E-state index contributed by atoms with van der Waals surface area (Å²) in [6, 6.07) is 0. The Morgan fingerprint density at radius 1 is 0.290 bits per heavy atom. The highest BCUT2D eigenvalue weighted by atomic mass is 31.2. The third-order valence-corrected chi connectivity index (χ3v) is 18.8. The number of aliphatic hydroxyl groups excluding tert-OH is 1. The molecule has 3 N–H and O–H groups in total. The Balaban J connectivity index is 5.39. The van der Waals surface area contributed by atoms with Gasteiger partial charge in [-0.05, 0) is 135 Å². The van der Waals surface area contributed by atoms with Crippen LogP contribution in [0.1, 0.15) is 349 Å². The third-order valence-electron chi connectivity index (χ3n) is 16.9. The van der Waals surface area contributed by atoms with Gasteiger partial charge in [0.05, 0.1) is 26.4 Å². The maximum absolute atomic E-state index is 13.1. The fraction of sp³-hybridized carbons (Fsp3) is 0.778. The third kappa shape index (κ3) is 72.6. The van der Waals surface area contributed by atoms with Gasteiger partial charge >= 0.3 is 39.5 Å². The summed E-state index contributed by atoms with van der Waals surface area (Å²) in [5.74, 6) is -2.21. The molecule has 0 fully saturated rings. The molecule has 0 saturated heterocycles. The van der Waals surface area contributed by atoms with Crippen molar-refractivity contribution < 1.29 is 80.2 Å². The van der Waals surface area contributed by atoms with Crippen molar-refractivity contribution in [3.05, 3.63) is 85.1 Å². The average molecular weight is 1450 g/mol. The van der Waals surface area contributed by atoms with Crippen molar-refractivity contribution in [1.29, 1.82) is 0 Å². The van der Waals surface area contributed by atoms with Gasteiger partial charge in [0.25, 0.3) is 0 Å². The summed E-state index contributed by atoms with van der Waals surface area (Å²) >= 11 is 0. The highest BCUT2D eigenvalue weighted by Gasteiger charge is 2.30. The van der Waals surface area contributed by atoms with E-state index >= 15 is 0 Å². The lowest BCUT2D eigenvalue weighted by Crippen LogP contribution is -2.30. The molecule has 100 heavy (non-hydrogen) atoms. The fourth-order valence-corrected chi connectivity index (χ4v) is 12.3. The van der Waals surface area contributed by atoms with Gasteiger partial charge in [0.2, 0.25) is 0 Å².